The molecule has 4 nitrogen and oxygen atoms in total. The molecule has 0 amide bonds. The number of hydrogen-bond acceptors (Lipinski definition) is 4. The van der Waals surface area contributed by atoms with E-state index in [1.54, 1.807) is 0 Å². The van der Waals surface area contributed by atoms with E-state index in [1.165, 1.54) is 19.1 Å². The molecule has 0 aliphatic rings. The van der Waals surface area contributed by atoms with Crippen molar-refractivity contribution in [2.45, 2.75) is 13.1 Å². The normalized spacial score (nSPS) is 11.6. The van der Waals surface area contributed by atoms with Crippen LogP contribution in [0.3, 0.4) is 0 Å². The van der Waals surface area contributed by atoms with Crippen LogP contribution in [0, 0.1) is 0 Å². The SMILES string of the molecule is CC(=O)c1nc(-c2ccc(Br)cc2C(F)(F)F)no1. The van der Waals surface area contributed by atoms with Gasteiger partial charge in [0.15, 0.2) is 0 Å². The van der Waals surface area contributed by atoms with Crippen molar-refractivity contribution in [1.82, 2.24) is 10.1 Å². The van der Waals surface area contributed by atoms with Crippen molar-refractivity contribution in [1.29, 1.82) is 0 Å². The lowest BCUT2D eigenvalue weighted by Gasteiger charge is -2.10. The zero-order chi connectivity index (χ0) is 14.2. The fourth-order valence-electron chi connectivity index (χ4n) is 1.42. The lowest BCUT2D eigenvalue weighted by molar-refractivity contribution is -0.137. The topological polar surface area (TPSA) is 56.0 Å². The second-order valence-electron chi connectivity index (χ2n) is 3.67. The van der Waals surface area contributed by atoms with E-state index >= 15 is 0 Å². The van der Waals surface area contributed by atoms with Crippen molar-refractivity contribution >= 4 is 21.7 Å². The molecule has 0 saturated carbocycles. The number of rotatable bonds is 2. The lowest BCUT2D eigenvalue weighted by Crippen LogP contribution is -2.07. The largest absolute Gasteiger partial charge is 0.417 e. The molecule has 2 rings (SSSR count). The molecule has 0 N–H and O–H groups in total. The van der Waals surface area contributed by atoms with Crippen LogP contribution in [0.5, 0.6) is 0 Å². The van der Waals surface area contributed by atoms with Crippen LogP contribution < -0.4 is 0 Å². The third-order valence-electron chi connectivity index (χ3n) is 2.26. The summed E-state index contributed by atoms with van der Waals surface area (Å²) in [7, 11) is 0. The number of benzene rings is 1. The van der Waals surface area contributed by atoms with E-state index in [4.69, 9.17) is 0 Å². The van der Waals surface area contributed by atoms with Gasteiger partial charge in [0, 0.05) is 17.0 Å². The summed E-state index contributed by atoms with van der Waals surface area (Å²) in [6, 6.07) is 3.55. The van der Waals surface area contributed by atoms with Crippen LogP contribution in [0.1, 0.15) is 23.2 Å². The Labute approximate surface area is 113 Å². The molecule has 1 aromatic heterocycles. The van der Waals surface area contributed by atoms with Gasteiger partial charge in [-0.15, -0.1) is 0 Å². The standard InChI is InChI=1S/C11H6BrF3N2O2/c1-5(18)10-16-9(17-19-10)7-3-2-6(12)4-8(7)11(13,14)15/h2-4H,1H3. The molecule has 0 atom stereocenters. The van der Waals surface area contributed by atoms with Gasteiger partial charge in [-0.05, 0) is 18.2 Å². The van der Waals surface area contributed by atoms with Crippen molar-refractivity contribution in [2.75, 3.05) is 0 Å². The highest BCUT2D eigenvalue weighted by molar-refractivity contribution is 9.10. The third kappa shape index (κ3) is 2.83. The molecule has 0 bridgehead atoms. The van der Waals surface area contributed by atoms with E-state index < -0.39 is 17.5 Å². The van der Waals surface area contributed by atoms with Crippen molar-refractivity contribution < 1.29 is 22.5 Å². The van der Waals surface area contributed by atoms with Crippen molar-refractivity contribution in [3.8, 4) is 11.4 Å². The molecule has 0 saturated heterocycles. The molecule has 100 valence electrons. The van der Waals surface area contributed by atoms with Crippen molar-refractivity contribution in [3.63, 3.8) is 0 Å². The summed E-state index contributed by atoms with van der Waals surface area (Å²) < 4.78 is 43.6. The highest BCUT2D eigenvalue weighted by atomic mass is 79.9. The quantitative estimate of drug-likeness (QED) is 0.785. The van der Waals surface area contributed by atoms with E-state index in [0.717, 1.165) is 6.07 Å². The number of hydrogen-bond donors (Lipinski definition) is 0. The second kappa shape index (κ2) is 4.76. The molecule has 0 aliphatic heterocycles. The van der Waals surface area contributed by atoms with E-state index in [1.807, 2.05) is 0 Å². The summed E-state index contributed by atoms with van der Waals surface area (Å²) in [6.07, 6.45) is -4.56. The first-order valence-electron chi connectivity index (χ1n) is 5.01. The van der Waals surface area contributed by atoms with Crippen molar-refractivity contribution in [3.05, 3.63) is 34.1 Å². The average Bonchev–Trinajstić information content (AvgIpc) is 2.77. The van der Waals surface area contributed by atoms with Crippen LogP contribution in [0.2, 0.25) is 0 Å². The van der Waals surface area contributed by atoms with E-state index in [-0.39, 0.29) is 21.8 Å². The highest BCUT2D eigenvalue weighted by Gasteiger charge is 2.35. The molecule has 0 radical (unpaired) electrons. The molecule has 0 aliphatic carbocycles. The average molecular weight is 335 g/mol. The molecule has 1 aromatic carbocycles. The fraction of sp³-hybridized carbons (Fsp3) is 0.182. The number of nitrogens with zero attached hydrogens (tertiary/aromatic N) is 2. The minimum atomic E-state index is -4.56. The van der Waals surface area contributed by atoms with Gasteiger partial charge in [0.25, 0.3) is 5.89 Å². The van der Waals surface area contributed by atoms with Crippen LogP contribution in [0.15, 0.2) is 27.2 Å². The number of halogens is 4. The van der Waals surface area contributed by atoms with Crippen LogP contribution in [-0.4, -0.2) is 15.9 Å². The molecule has 2 aromatic rings. The molecule has 0 unspecified atom stereocenters. The van der Waals surface area contributed by atoms with Gasteiger partial charge in [-0.25, -0.2) is 0 Å². The molecular formula is C11H6BrF3N2O2. The Morgan fingerprint density at radius 2 is 2.05 bits per heavy atom. The maximum Gasteiger partial charge on any atom is 0.417 e. The Morgan fingerprint density at radius 1 is 1.37 bits per heavy atom. The Balaban J connectivity index is 2.58. The molecule has 1 heterocycles. The first kappa shape index (κ1) is 13.7. The minimum absolute atomic E-state index is 0.244. The summed E-state index contributed by atoms with van der Waals surface area (Å²) >= 11 is 2.97. The maximum atomic E-state index is 12.9. The third-order valence-corrected chi connectivity index (χ3v) is 2.75. The van der Waals surface area contributed by atoms with Gasteiger partial charge >= 0.3 is 6.18 Å². The first-order chi connectivity index (χ1) is 8.79. The van der Waals surface area contributed by atoms with Gasteiger partial charge in [-0.2, -0.15) is 18.2 Å². The number of carbonyl (C=O) groups is 1. The lowest BCUT2D eigenvalue weighted by atomic mass is 10.1. The zero-order valence-corrected chi connectivity index (χ0v) is 11.0. The van der Waals surface area contributed by atoms with Crippen LogP contribution in [0.25, 0.3) is 11.4 Å². The number of ketones is 1. The predicted octanol–water partition coefficient (Wildman–Crippen LogP) is 3.72. The van der Waals surface area contributed by atoms with Crippen molar-refractivity contribution in [2.24, 2.45) is 0 Å². The van der Waals surface area contributed by atoms with E-state index in [9.17, 15) is 18.0 Å². The Kier molecular flexibility index (Phi) is 3.44. The van der Waals surface area contributed by atoms with Gasteiger partial charge in [0.1, 0.15) is 0 Å². The minimum Gasteiger partial charge on any atom is -0.330 e. The fourth-order valence-corrected chi connectivity index (χ4v) is 1.78. The number of aromatic nitrogens is 2. The van der Waals surface area contributed by atoms with Crippen LogP contribution in [-0.2, 0) is 6.18 Å². The smallest absolute Gasteiger partial charge is 0.330 e. The highest BCUT2D eigenvalue weighted by Crippen LogP contribution is 2.37. The molecule has 19 heavy (non-hydrogen) atoms. The molecule has 0 spiro atoms. The van der Waals surface area contributed by atoms with E-state index in [2.05, 4.69) is 30.6 Å². The molecule has 0 fully saturated rings. The molecule has 8 heteroatoms. The van der Waals surface area contributed by atoms with Gasteiger partial charge in [0.2, 0.25) is 11.6 Å². The number of Topliss-reactive ketones (excluding diaryl/α,β-unsaturated/α-hetero) is 1. The summed E-state index contributed by atoms with van der Waals surface area (Å²) in [4.78, 5) is 14.6. The second-order valence-corrected chi connectivity index (χ2v) is 4.58. The molecular weight excluding hydrogens is 329 g/mol. The van der Waals surface area contributed by atoms with Crippen LogP contribution in [0.4, 0.5) is 13.2 Å². The summed E-state index contributed by atoms with van der Waals surface area (Å²) in [5, 5.41) is 3.39. The van der Waals surface area contributed by atoms with Gasteiger partial charge in [0.05, 0.1) is 5.56 Å². The summed E-state index contributed by atoms with van der Waals surface area (Å²) in [6.45, 7) is 1.18. The Morgan fingerprint density at radius 3 is 2.58 bits per heavy atom. The monoisotopic (exact) mass is 334 g/mol. The van der Waals surface area contributed by atoms with E-state index in [0.29, 0.717) is 0 Å². The first-order valence-corrected chi connectivity index (χ1v) is 5.80. The predicted molar refractivity (Wildman–Crippen MR) is 62.4 cm³/mol. The zero-order valence-electron chi connectivity index (χ0n) is 9.45. The number of alkyl halides is 3. The number of carbonyl (C=O) groups excluding carboxylic acids is 1. The summed E-state index contributed by atoms with van der Waals surface area (Å²) in [5.41, 5.74) is -1.15. The van der Waals surface area contributed by atoms with Crippen LogP contribution >= 0.6 is 15.9 Å². The van der Waals surface area contributed by atoms with Gasteiger partial charge in [-0.3, -0.25) is 4.79 Å². The summed E-state index contributed by atoms with van der Waals surface area (Å²) in [5.74, 6) is -1.11. The maximum absolute atomic E-state index is 12.9. The Bertz CT molecular complexity index is 637. The van der Waals surface area contributed by atoms with Gasteiger partial charge in [-0.1, -0.05) is 21.1 Å². The van der Waals surface area contributed by atoms with Gasteiger partial charge < -0.3 is 4.52 Å². The Hall–Kier alpha value is -1.70.